The molecule has 0 aliphatic carbocycles. The number of hydrogen-bond acceptors (Lipinski definition) is 3. The van der Waals surface area contributed by atoms with E-state index in [-0.39, 0.29) is 16.9 Å². The van der Waals surface area contributed by atoms with Gasteiger partial charge in [0.2, 0.25) is 5.43 Å². The number of nitrogens with one attached hydrogen (secondary N) is 2. The summed E-state index contributed by atoms with van der Waals surface area (Å²) in [6.07, 6.45) is 2.30. The lowest BCUT2D eigenvalue weighted by Gasteiger charge is -2.07. The van der Waals surface area contributed by atoms with E-state index in [1.165, 1.54) is 6.20 Å². The second kappa shape index (κ2) is 6.34. The summed E-state index contributed by atoms with van der Waals surface area (Å²) in [5.41, 5.74) is 1.74. The van der Waals surface area contributed by atoms with Gasteiger partial charge in [0.1, 0.15) is 5.56 Å². The topological polar surface area (TPSA) is 71.2 Å². The predicted molar refractivity (Wildman–Crippen MR) is 78.2 cm³/mol. The molecule has 0 atom stereocenters. The molecule has 1 aromatic heterocycles. The molecule has 2 rings (SSSR count). The van der Waals surface area contributed by atoms with Crippen LogP contribution in [0.4, 0.5) is 0 Å². The Morgan fingerprint density at radius 1 is 1.40 bits per heavy atom. The SMILES string of the molecule is CCc1cccc2c(=O)c(C(=O)NCCOC)c[nH]c12. The van der Waals surface area contributed by atoms with Crippen LogP contribution in [0.15, 0.2) is 29.2 Å². The van der Waals surface area contributed by atoms with Gasteiger partial charge in [0, 0.05) is 25.2 Å². The molecule has 0 fully saturated rings. The number of ether oxygens (including phenoxy) is 1. The van der Waals surface area contributed by atoms with E-state index in [9.17, 15) is 9.59 Å². The molecule has 0 radical (unpaired) electrons. The summed E-state index contributed by atoms with van der Waals surface area (Å²) in [5.74, 6) is -0.382. The number of benzene rings is 1. The number of rotatable bonds is 5. The Labute approximate surface area is 117 Å². The van der Waals surface area contributed by atoms with Crippen molar-refractivity contribution in [2.24, 2.45) is 0 Å². The van der Waals surface area contributed by atoms with E-state index in [4.69, 9.17) is 4.74 Å². The van der Waals surface area contributed by atoms with Gasteiger partial charge in [-0.2, -0.15) is 0 Å². The highest BCUT2D eigenvalue weighted by Gasteiger charge is 2.13. The maximum Gasteiger partial charge on any atom is 0.256 e. The summed E-state index contributed by atoms with van der Waals surface area (Å²) < 4.78 is 4.86. The minimum Gasteiger partial charge on any atom is -0.383 e. The van der Waals surface area contributed by atoms with Crippen molar-refractivity contribution >= 4 is 16.8 Å². The van der Waals surface area contributed by atoms with Gasteiger partial charge in [-0.05, 0) is 18.1 Å². The van der Waals surface area contributed by atoms with Crippen molar-refractivity contribution < 1.29 is 9.53 Å². The number of pyridine rings is 1. The maximum absolute atomic E-state index is 12.4. The number of H-pyrrole nitrogens is 1. The monoisotopic (exact) mass is 274 g/mol. The van der Waals surface area contributed by atoms with Crippen LogP contribution in [0.2, 0.25) is 0 Å². The molecule has 0 aliphatic rings. The molecule has 2 aromatic rings. The maximum atomic E-state index is 12.4. The molecule has 2 N–H and O–H groups in total. The van der Waals surface area contributed by atoms with Crippen molar-refractivity contribution in [3.8, 4) is 0 Å². The van der Waals surface area contributed by atoms with E-state index < -0.39 is 0 Å². The second-order valence-electron chi connectivity index (χ2n) is 4.47. The highest BCUT2D eigenvalue weighted by Crippen LogP contribution is 2.14. The third-order valence-corrected chi connectivity index (χ3v) is 3.22. The number of aromatic nitrogens is 1. The van der Waals surface area contributed by atoms with E-state index in [1.807, 2.05) is 19.1 Å². The number of amides is 1. The van der Waals surface area contributed by atoms with E-state index in [1.54, 1.807) is 13.2 Å². The first-order valence-electron chi connectivity index (χ1n) is 6.59. The Morgan fingerprint density at radius 3 is 2.90 bits per heavy atom. The summed E-state index contributed by atoms with van der Waals surface area (Å²) in [6, 6.07) is 5.54. The first-order valence-corrected chi connectivity index (χ1v) is 6.59. The van der Waals surface area contributed by atoms with Crippen LogP contribution >= 0.6 is 0 Å². The number of para-hydroxylation sites is 1. The predicted octanol–water partition coefficient (Wildman–Crippen LogP) is 1.47. The van der Waals surface area contributed by atoms with Gasteiger partial charge >= 0.3 is 0 Å². The Kier molecular flexibility index (Phi) is 4.53. The van der Waals surface area contributed by atoms with E-state index in [0.29, 0.717) is 18.5 Å². The summed E-state index contributed by atoms with van der Waals surface area (Å²) in [4.78, 5) is 27.4. The summed E-state index contributed by atoms with van der Waals surface area (Å²) in [7, 11) is 1.56. The molecule has 0 saturated heterocycles. The van der Waals surface area contributed by atoms with Crippen LogP contribution in [-0.2, 0) is 11.2 Å². The quantitative estimate of drug-likeness (QED) is 0.811. The molecule has 106 valence electrons. The fourth-order valence-electron chi connectivity index (χ4n) is 2.14. The largest absolute Gasteiger partial charge is 0.383 e. The minimum absolute atomic E-state index is 0.127. The van der Waals surface area contributed by atoms with E-state index in [0.717, 1.165) is 17.5 Å². The van der Waals surface area contributed by atoms with Crippen molar-refractivity contribution in [2.45, 2.75) is 13.3 Å². The molecule has 5 heteroatoms. The fourth-order valence-corrected chi connectivity index (χ4v) is 2.14. The Morgan fingerprint density at radius 2 is 2.20 bits per heavy atom. The van der Waals surface area contributed by atoms with Gasteiger partial charge in [-0.25, -0.2) is 0 Å². The molecular formula is C15H18N2O3. The standard InChI is InChI=1S/C15H18N2O3/c1-3-10-5-4-6-11-13(10)17-9-12(14(11)18)15(19)16-7-8-20-2/h4-6,9H,3,7-8H2,1-2H3,(H,16,19)(H,17,18). The molecule has 20 heavy (non-hydrogen) atoms. The highest BCUT2D eigenvalue weighted by atomic mass is 16.5. The first-order chi connectivity index (χ1) is 9.69. The Bertz CT molecular complexity index is 676. The lowest BCUT2D eigenvalue weighted by atomic mass is 10.1. The van der Waals surface area contributed by atoms with Crippen LogP contribution in [-0.4, -0.2) is 31.2 Å². The lowest BCUT2D eigenvalue weighted by Crippen LogP contribution is -2.31. The van der Waals surface area contributed by atoms with Crippen LogP contribution in [0.1, 0.15) is 22.8 Å². The molecule has 0 aliphatic heterocycles. The molecule has 1 amide bonds. The summed E-state index contributed by atoms with van der Waals surface area (Å²) >= 11 is 0. The van der Waals surface area contributed by atoms with Crippen LogP contribution in [0.5, 0.6) is 0 Å². The van der Waals surface area contributed by atoms with Gasteiger partial charge < -0.3 is 15.0 Å². The summed E-state index contributed by atoms with van der Waals surface area (Å²) in [5, 5.41) is 3.20. The smallest absolute Gasteiger partial charge is 0.256 e. The third-order valence-electron chi connectivity index (χ3n) is 3.22. The van der Waals surface area contributed by atoms with Crippen molar-refractivity contribution in [1.29, 1.82) is 0 Å². The van der Waals surface area contributed by atoms with E-state index in [2.05, 4.69) is 10.3 Å². The summed E-state index contributed by atoms with van der Waals surface area (Å²) in [6.45, 7) is 2.82. The van der Waals surface area contributed by atoms with Gasteiger partial charge in [-0.15, -0.1) is 0 Å². The average molecular weight is 274 g/mol. The number of aryl methyl sites for hydroxylation is 1. The minimum atomic E-state index is -0.382. The lowest BCUT2D eigenvalue weighted by molar-refractivity contribution is 0.0936. The zero-order chi connectivity index (χ0) is 14.5. The van der Waals surface area contributed by atoms with Gasteiger partial charge in [0.25, 0.3) is 5.91 Å². The third kappa shape index (κ3) is 2.72. The van der Waals surface area contributed by atoms with Crippen molar-refractivity contribution in [2.75, 3.05) is 20.3 Å². The molecule has 1 heterocycles. The number of methoxy groups -OCH3 is 1. The normalized spacial score (nSPS) is 10.7. The van der Waals surface area contributed by atoms with E-state index >= 15 is 0 Å². The van der Waals surface area contributed by atoms with Gasteiger partial charge in [-0.1, -0.05) is 19.1 Å². The van der Waals surface area contributed by atoms with Gasteiger partial charge in [-0.3, -0.25) is 9.59 Å². The zero-order valence-electron chi connectivity index (χ0n) is 11.7. The molecule has 1 aromatic carbocycles. The van der Waals surface area contributed by atoms with Gasteiger partial charge in [0.15, 0.2) is 0 Å². The first kappa shape index (κ1) is 14.3. The number of carbonyl (C=O) groups excluding carboxylic acids is 1. The molecule has 5 nitrogen and oxygen atoms in total. The highest BCUT2D eigenvalue weighted by molar-refractivity contribution is 5.97. The van der Waals surface area contributed by atoms with Crippen LogP contribution in [0.3, 0.4) is 0 Å². The Balaban J connectivity index is 2.40. The average Bonchev–Trinajstić information content (AvgIpc) is 2.47. The molecule has 0 spiro atoms. The van der Waals surface area contributed by atoms with Crippen LogP contribution in [0.25, 0.3) is 10.9 Å². The zero-order valence-corrected chi connectivity index (χ0v) is 11.7. The van der Waals surface area contributed by atoms with Gasteiger partial charge in [0.05, 0.1) is 12.1 Å². The molecular weight excluding hydrogens is 256 g/mol. The molecule has 0 saturated carbocycles. The van der Waals surface area contributed by atoms with Crippen molar-refractivity contribution in [3.63, 3.8) is 0 Å². The number of hydrogen-bond donors (Lipinski definition) is 2. The number of carbonyl (C=O) groups is 1. The number of aromatic amines is 1. The molecule has 0 bridgehead atoms. The van der Waals surface area contributed by atoms with Crippen molar-refractivity contribution in [1.82, 2.24) is 10.3 Å². The van der Waals surface area contributed by atoms with Crippen LogP contribution in [0, 0.1) is 0 Å². The Hall–Kier alpha value is -2.14. The number of fused-ring (bicyclic) bond motifs is 1. The van der Waals surface area contributed by atoms with Crippen molar-refractivity contribution in [3.05, 3.63) is 45.7 Å². The molecule has 0 unspecified atom stereocenters. The fraction of sp³-hybridized carbons (Fsp3) is 0.333. The second-order valence-corrected chi connectivity index (χ2v) is 4.47. The van der Waals surface area contributed by atoms with Crippen LogP contribution < -0.4 is 10.7 Å².